The maximum absolute atomic E-state index is 13.2. The van der Waals surface area contributed by atoms with E-state index >= 15 is 0 Å². The summed E-state index contributed by atoms with van der Waals surface area (Å²) in [6.45, 7) is 0. The van der Waals surface area contributed by atoms with Crippen LogP contribution in [0.1, 0.15) is 0 Å². The number of rotatable bonds is 2. The summed E-state index contributed by atoms with van der Waals surface area (Å²) >= 11 is 0. The van der Waals surface area contributed by atoms with Gasteiger partial charge < -0.3 is 0 Å². The fourth-order valence-electron chi connectivity index (χ4n) is 1.89. The van der Waals surface area contributed by atoms with Crippen LogP contribution in [-0.4, -0.2) is 18.6 Å². The highest BCUT2D eigenvalue weighted by Crippen LogP contribution is 2.26. The van der Waals surface area contributed by atoms with Crippen molar-refractivity contribution in [2.24, 2.45) is 0 Å². The Morgan fingerprint density at radius 2 is 1.84 bits per heavy atom. The first kappa shape index (κ1) is 11.9. The van der Waals surface area contributed by atoms with E-state index in [2.05, 4.69) is 10.2 Å². The minimum Gasteiger partial charge on any atom is -0.266 e. The van der Waals surface area contributed by atoms with E-state index in [9.17, 15) is 12.8 Å². The Morgan fingerprint density at radius 1 is 1.05 bits per heavy atom. The molecule has 0 aliphatic heterocycles. The highest BCUT2D eigenvalue weighted by molar-refractivity contribution is 7.91. The Hall–Kier alpha value is -2.21. The number of hydrogen-bond donors (Lipinski definition) is 1. The van der Waals surface area contributed by atoms with E-state index in [0.717, 1.165) is 6.07 Å². The van der Waals surface area contributed by atoms with Crippen LogP contribution in [0.4, 0.5) is 4.39 Å². The molecule has 96 valence electrons. The average molecular weight is 276 g/mol. The van der Waals surface area contributed by atoms with Crippen LogP contribution in [0.5, 0.6) is 0 Å². The van der Waals surface area contributed by atoms with Gasteiger partial charge in [0.25, 0.3) is 0 Å². The van der Waals surface area contributed by atoms with E-state index in [1.165, 1.54) is 18.2 Å². The summed E-state index contributed by atoms with van der Waals surface area (Å²) in [6.07, 6.45) is 0. The van der Waals surface area contributed by atoms with Crippen molar-refractivity contribution in [1.82, 2.24) is 10.2 Å². The predicted octanol–water partition coefficient (Wildman–Crippen LogP) is 2.53. The number of nitrogens with one attached hydrogen (secondary N) is 1. The van der Waals surface area contributed by atoms with Gasteiger partial charge in [0.15, 0.2) is 5.03 Å². The number of halogens is 1. The van der Waals surface area contributed by atoms with E-state index in [4.69, 9.17) is 0 Å². The van der Waals surface area contributed by atoms with Crippen LogP contribution in [0.3, 0.4) is 0 Å². The van der Waals surface area contributed by atoms with Crippen molar-refractivity contribution in [1.29, 1.82) is 0 Å². The molecule has 6 heteroatoms. The molecule has 0 amide bonds. The van der Waals surface area contributed by atoms with Crippen molar-refractivity contribution in [3.8, 4) is 0 Å². The standard InChI is InChI=1S/C13H9FN2O2S/c14-9-4-3-5-10(8-9)19(17,18)13-11-6-1-2-7-12(11)15-16-13/h1-8H,(H,15,16). The molecule has 0 saturated carbocycles. The zero-order chi connectivity index (χ0) is 13.5. The molecule has 0 radical (unpaired) electrons. The quantitative estimate of drug-likeness (QED) is 0.782. The Morgan fingerprint density at radius 3 is 2.63 bits per heavy atom. The topological polar surface area (TPSA) is 62.8 Å². The van der Waals surface area contributed by atoms with Crippen molar-refractivity contribution in [3.63, 3.8) is 0 Å². The van der Waals surface area contributed by atoms with Gasteiger partial charge >= 0.3 is 0 Å². The minimum atomic E-state index is -3.80. The molecule has 0 aliphatic carbocycles. The van der Waals surface area contributed by atoms with Gasteiger partial charge in [-0.25, -0.2) is 12.8 Å². The Balaban J connectivity index is 2.26. The maximum Gasteiger partial charge on any atom is 0.224 e. The Bertz CT molecular complexity index is 856. The molecule has 2 aromatic carbocycles. The zero-order valence-corrected chi connectivity index (χ0v) is 10.5. The van der Waals surface area contributed by atoms with Crippen LogP contribution in [0.15, 0.2) is 58.5 Å². The summed E-state index contributed by atoms with van der Waals surface area (Å²) in [5, 5.41) is 6.92. The molecule has 4 nitrogen and oxygen atoms in total. The van der Waals surface area contributed by atoms with Gasteiger partial charge in [0, 0.05) is 5.39 Å². The normalized spacial score (nSPS) is 11.8. The van der Waals surface area contributed by atoms with Crippen molar-refractivity contribution in [2.75, 3.05) is 0 Å². The molecule has 19 heavy (non-hydrogen) atoms. The van der Waals surface area contributed by atoms with Crippen LogP contribution in [-0.2, 0) is 9.84 Å². The molecule has 1 N–H and O–H groups in total. The van der Waals surface area contributed by atoms with E-state index in [-0.39, 0.29) is 9.92 Å². The second-order valence-corrected chi connectivity index (χ2v) is 5.92. The lowest BCUT2D eigenvalue weighted by Crippen LogP contribution is -2.03. The fraction of sp³-hybridized carbons (Fsp3) is 0. The SMILES string of the molecule is O=S(=O)(c1cccc(F)c1)c1[nH]nc2ccccc12. The van der Waals surface area contributed by atoms with Crippen LogP contribution < -0.4 is 0 Å². The molecule has 0 aliphatic rings. The van der Waals surface area contributed by atoms with E-state index in [1.54, 1.807) is 24.3 Å². The number of nitrogens with zero attached hydrogens (tertiary/aromatic N) is 1. The van der Waals surface area contributed by atoms with Gasteiger partial charge in [0.05, 0.1) is 10.4 Å². The van der Waals surface area contributed by atoms with Crippen molar-refractivity contribution < 1.29 is 12.8 Å². The lowest BCUT2D eigenvalue weighted by Gasteiger charge is -2.02. The smallest absolute Gasteiger partial charge is 0.224 e. The van der Waals surface area contributed by atoms with Gasteiger partial charge in [-0.3, -0.25) is 5.10 Å². The first-order valence-electron chi connectivity index (χ1n) is 5.53. The number of para-hydroxylation sites is 1. The van der Waals surface area contributed by atoms with Crippen LogP contribution >= 0.6 is 0 Å². The molecule has 0 unspecified atom stereocenters. The number of aromatic nitrogens is 2. The first-order valence-corrected chi connectivity index (χ1v) is 7.01. The molecular formula is C13H9FN2O2S. The number of benzene rings is 2. The third kappa shape index (κ3) is 1.90. The molecule has 3 rings (SSSR count). The summed E-state index contributed by atoms with van der Waals surface area (Å²) in [5.74, 6) is -0.593. The number of fused-ring (bicyclic) bond motifs is 1. The van der Waals surface area contributed by atoms with Crippen molar-refractivity contribution >= 4 is 20.7 Å². The summed E-state index contributed by atoms with van der Waals surface area (Å²) in [6, 6.07) is 11.8. The molecule has 0 bridgehead atoms. The number of sulfone groups is 1. The number of aromatic amines is 1. The zero-order valence-electron chi connectivity index (χ0n) is 9.67. The van der Waals surface area contributed by atoms with Gasteiger partial charge in [-0.1, -0.05) is 18.2 Å². The Labute approximate surface area is 108 Å². The number of hydrogen-bond acceptors (Lipinski definition) is 3. The largest absolute Gasteiger partial charge is 0.266 e. The minimum absolute atomic E-state index is 0.0197. The summed E-state index contributed by atoms with van der Waals surface area (Å²) in [7, 11) is -3.80. The van der Waals surface area contributed by atoms with Gasteiger partial charge in [0.1, 0.15) is 5.82 Å². The maximum atomic E-state index is 13.2. The van der Waals surface area contributed by atoms with E-state index < -0.39 is 15.7 Å². The van der Waals surface area contributed by atoms with E-state index in [0.29, 0.717) is 10.9 Å². The highest BCUT2D eigenvalue weighted by Gasteiger charge is 2.23. The van der Waals surface area contributed by atoms with Gasteiger partial charge in [0.2, 0.25) is 9.84 Å². The van der Waals surface area contributed by atoms with Crippen LogP contribution in [0, 0.1) is 5.82 Å². The lowest BCUT2D eigenvalue weighted by molar-refractivity contribution is 0.588. The fourth-order valence-corrected chi connectivity index (χ4v) is 3.28. The van der Waals surface area contributed by atoms with Crippen molar-refractivity contribution in [3.05, 3.63) is 54.3 Å². The van der Waals surface area contributed by atoms with Crippen LogP contribution in [0.2, 0.25) is 0 Å². The second-order valence-electron chi connectivity index (χ2n) is 4.03. The third-order valence-corrected chi connectivity index (χ3v) is 4.52. The molecule has 1 aromatic heterocycles. The van der Waals surface area contributed by atoms with Crippen LogP contribution in [0.25, 0.3) is 10.9 Å². The third-order valence-electron chi connectivity index (χ3n) is 2.80. The first-order chi connectivity index (χ1) is 9.09. The average Bonchev–Trinajstić information content (AvgIpc) is 2.83. The lowest BCUT2D eigenvalue weighted by atomic mass is 10.3. The van der Waals surface area contributed by atoms with Crippen molar-refractivity contribution in [2.45, 2.75) is 9.92 Å². The summed E-state index contributed by atoms with van der Waals surface area (Å²) in [4.78, 5) is -0.0955. The van der Waals surface area contributed by atoms with Gasteiger partial charge in [-0.05, 0) is 30.3 Å². The second kappa shape index (κ2) is 4.17. The monoisotopic (exact) mass is 276 g/mol. The molecular weight excluding hydrogens is 267 g/mol. The molecule has 0 spiro atoms. The van der Waals surface area contributed by atoms with E-state index in [1.807, 2.05) is 0 Å². The summed E-state index contributed by atoms with van der Waals surface area (Å²) < 4.78 is 38.0. The molecule has 0 saturated heterocycles. The predicted molar refractivity (Wildman–Crippen MR) is 67.9 cm³/mol. The Kier molecular flexibility index (Phi) is 2.60. The molecule has 1 heterocycles. The van der Waals surface area contributed by atoms with Gasteiger partial charge in [-0.2, -0.15) is 5.10 Å². The molecule has 0 fully saturated rings. The summed E-state index contributed by atoms with van der Waals surface area (Å²) in [5.41, 5.74) is 0.553. The van der Waals surface area contributed by atoms with Gasteiger partial charge in [-0.15, -0.1) is 0 Å². The highest BCUT2D eigenvalue weighted by atomic mass is 32.2. The molecule has 0 atom stereocenters. The molecule has 3 aromatic rings. The number of H-pyrrole nitrogens is 1.